The third-order valence-corrected chi connectivity index (χ3v) is 5.90. The Morgan fingerprint density at radius 3 is 2.59 bits per heavy atom. The van der Waals surface area contributed by atoms with Gasteiger partial charge in [-0.05, 0) is 36.0 Å². The molecule has 8 heteroatoms. The van der Waals surface area contributed by atoms with Gasteiger partial charge in [0.2, 0.25) is 5.88 Å². The molecule has 148 valence electrons. The molecule has 0 spiro atoms. The largest absolute Gasteiger partial charge is 0.493 e. The van der Waals surface area contributed by atoms with Crippen LogP contribution in [-0.2, 0) is 20.1 Å². The number of aromatic hydroxyl groups is 1. The summed E-state index contributed by atoms with van der Waals surface area (Å²) in [5.41, 5.74) is 4.26. The number of hydrogen-bond acceptors (Lipinski definition) is 4. The molecule has 1 N–H and O–H groups in total. The summed E-state index contributed by atoms with van der Waals surface area (Å²) in [6.07, 6.45) is 3.95. The van der Waals surface area contributed by atoms with Crippen molar-refractivity contribution in [1.82, 2.24) is 24.1 Å². The summed E-state index contributed by atoms with van der Waals surface area (Å²) < 4.78 is 4.63. The van der Waals surface area contributed by atoms with E-state index in [1.54, 1.807) is 0 Å². The van der Waals surface area contributed by atoms with Crippen molar-refractivity contribution >= 4 is 22.6 Å². The standard InChI is InChI=1S/C21H20ClN5O2/c1-25-18(28)12-26(21(25)29)10-13-4-6-15(7-5-13)16-8-9-17-20(19(16)22)23-24-27(17)11-14-2-3-14/h4-9,12,14,28H,2-3,10-11H2,1H3. The molecule has 1 saturated carbocycles. The van der Waals surface area contributed by atoms with Crippen molar-refractivity contribution in [3.05, 3.63) is 63.7 Å². The van der Waals surface area contributed by atoms with Crippen LogP contribution in [0.3, 0.4) is 0 Å². The molecule has 1 aliphatic carbocycles. The molecule has 1 fully saturated rings. The molecule has 5 rings (SSSR count). The molecule has 0 aliphatic heterocycles. The SMILES string of the molecule is Cn1c(O)cn(Cc2ccc(-c3ccc4c(nnn4CC4CC4)c3Cl)cc2)c1=O. The van der Waals surface area contributed by atoms with E-state index in [1.165, 1.54) is 35.2 Å². The van der Waals surface area contributed by atoms with Crippen molar-refractivity contribution in [3.63, 3.8) is 0 Å². The first-order valence-corrected chi connectivity index (χ1v) is 9.95. The van der Waals surface area contributed by atoms with Crippen molar-refractivity contribution < 1.29 is 5.11 Å². The van der Waals surface area contributed by atoms with Gasteiger partial charge in [-0.2, -0.15) is 0 Å². The summed E-state index contributed by atoms with van der Waals surface area (Å²) in [7, 11) is 1.54. The highest BCUT2D eigenvalue weighted by atomic mass is 35.5. The van der Waals surface area contributed by atoms with E-state index in [0.29, 0.717) is 17.5 Å². The highest BCUT2D eigenvalue weighted by Crippen LogP contribution is 2.35. The van der Waals surface area contributed by atoms with Gasteiger partial charge in [0.15, 0.2) is 0 Å². The molecule has 2 aromatic carbocycles. The summed E-state index contributed by atoms with van der Waals surface area (Å²) in [5.74, 6) is 0.659. The van der Waals surface area contributed by atoms with Gasteiger partial charge in [-0.25, -0.2) is 9.48 Å². The van der Waals surface area contributed by atoms with Gasteiger partial charge in [-0.1, -0.05) is 47.1 Å². The van der Waals surface area contributed by atoms with E-state index < -0.39 is 0 Å². The van der Waals surface area contributed by atoms with Crippen LogP contribution in [0.15, 0.2) is 47.4 Å². The lowest BCUT2D eigenvalue weighted by atomic mass is 10.0. The lowest BCUT2D eigenvalue weighted by Crippen LogP contribution is -2.22. The number of aromatic nitrogens is 5. The van der Waals surface area contributed by atoms with E-state index in [2.05, 4.69) is 10.3 Å². The minimum atomic E-state index is -0.255. The zero-order valence-electron chi connectivity index (χ0n) is 15.9. The average molecular weight is 410 g/mol. The van der Waals surface area contributed by atoms with Crippen LogP contribution in [0.1, 0.15) is 18.4 Å². The topological polar surface area (TPSA) is 77.9 Å². The minimum Gasteiger partial charge on any atom is -0.493 e. The molecular weight excluding hydrogens is 390 g/mol. The van der Waals surface area contributed by atoms with Gasteiger partial charge in [-0.15, -0.1) is 5.10 Å². The summed E-state index contributed by atoms with van der Waals surface area (Å²) in [4.78, 5) is 12.1. The molecule has 2 aromatic heterocycles. The number of rotatable bonds is 5. The molecule has 7 nitrogen and oxygen atoms in total. The van der Waals surface area contributed by atoms with Crippen molar-refractivity contribution in [2.45, 2.75) is 25.9 Å². The third-order valence-electron chi connectivity index (χ3n) is 5.52. The maximum atomic E-state index is 12.1. The Balaban J connectivity index is 1.43. The van der Waals surface area contributed by atoms with Crippen LogP contribution in [0.2, 0.25) is 5.02 Å². The Morgan fingerprint density at radius 2 is 1.93 bits per heavy atom. The lowest BCUT2D eigenvalue weighted by Gasteiger charge is -2.08. The van der Waals surface area contributed by atoms with Gasteiger partial charge in [0, 0.05) is 19.2 Å². The van der Waals surface area contributed by atoms with Gasteiger partial charge in [0.1, 0.15) is 5.52 Å². The maximum absolute atomic E-state index is 12.1. The van der Waals surface area contributed by atoms with Crippen LogP contribution < -0.4 is 5.69 Å². The Hall–Kier alpha value is -3.06. The van der Waals surface area contributed by atoms with Crippen LogP contribution in [0.25, 0.3) is 22.2 Å². The Labute approximate surface area is 171 Å². The molecule has 0 atom stereocenters. The van der Waals surface area contributed by atoms with Crippen LogP contribution in [-0.4, -0.2) is 29.2 Å². The number of imidazole rings is 1. The van der Waals surface area contributed by atoms with E-state index in [-0.39, 0.29) is 11.6 Å². The number of hydrogen-bond donors (Lipinski definition) is 1. The van der Waals surface area contributed by atoms with E-state index in [4.69, 9.17) is 11.6 Å². The van der Waals surface area contributed by atoms with E-state index >= 15 is 0 Å². The Morgan fingerprint density at radius 1 is 1.17 bits per heavy atom. The van der Waals surface area contributed by atoms with Crippen molar-refractivity contribution in [2.24, 2.45) is 13.0 Å². The van der Waals surface area contributed by atoms with Crippen LogP contribution in [0.4, 0.5) is 0 Å². The summed E-state index contributed by atoms with van der Waals surface area (Å²) in [5, 5.41) is 18.8. The van der Waals surface area contributed by atoms with Gasteiger partial charge >= 0.3 is 5.69 Å². The molecule has 0 bridgehead atoms. The second-order valence-corrected chi connectivity index (χ2v) is 8.04. The van der Waals surface area contributed by atoms with Crippen LogP contribution >= 0.6 is 11.6 Å². The van der Waals surface area contributed by atoms with Crippen LogP contribution in [0.5, 0.6) is 5.88 Å². The first kappa shape index (κ1) is 18.0. The monoisotopic (exact) mass is 409 g/mol. The fourth-order valence-electron chi connectivity index (χ4n) is 3.58. The summed E-state index contributed by atoms with van der Waals surface area (Å²) in [6.45, 7) is 1.28. The molecule has 0 amide bonds. The fourth-order valence-corrected chi connectivity index (χ4v) is 3.89. The first-order chi connectivity index (χ1) is 14.0. The summed E-state index contributed by atoms with van der Waals surface area (Å²) >= 11 is 6.66. The van der Waals surface area contributed by atoms with Gasteiger partial charge in [0.05, 0.1) is 23.3 Å². The number of halogens is 1. The van der Waals surface area contributed by atoms with E-state index in [9.17, 15) is 9.90 Å². The molecule has 0 saturated heterocycles. The lowest BCUT2D eigenvalue weighted by molar-refractivity contribution is 0.429. The normalized spacial score (nSPS) is 14.0. The predicted octanol–water partition coefficient (Wildman–Crippen LogP) is 3.42. The van der Waals surface area contributed by atoms with Gasteiger partial charge < -0.3 is 5.11 Å². The number of fused-ring (bicyclic) bond motifs is 1. The predicted molar refractivity (Wildman–Crippen MR) is 111 cm³/mol. The Bertz CT molecular complexity index is 1260. The second-order valence-electron chi connectivity index (χ2n) is 7.66. The zero-order chi connectivity index (χ0) is 20.1. The van der Waals surface area contributed by atoms with Gasteiger partial charge in [0.25, 0.3) is 0 Å². The second kappa shape index (κ2) is 6.77. The smallest absolute Gasteiger partial charge is 0.331 e. The average Bonchev–Trinajstić information content (AvgIpc) is 3.40. The molecule has 0 radical (unpaired) electrons. The minimum absolute atomic E-state index is 0.0542. The number of nitrogens with zero attached hydrogens (tertiary/aromatic N) is 5. The first-order valence-electron chi connectivity index (χ1n) is 9.57. The number of benzene rings is 2. The fraction of sp³-hybridized carbons (Fsp3) is 0.286. The third kappa shape index (κ3) is 3.21. The molecule has 1 aliphatic rings. The zero-order valence-corrected chi connectivity index (χ0v) is 16.7. The maximum Gasteiger partial charge on any atom is 0.331 e. The molecule has 4 aromatic rings. The highest BCUT2D eigenvalue weighted by Gasteiger charge is 2.23. The quantitative estimate of drug-likeness (QED) is 0.548. The molecule has 0 unspecified atom stereocenters. The highest BCUT2D eigenvalue weighted by molar-refractivity contribution is 6.37. The molecular formula is C21H20ClN5O2. The van der Waals surface area contributed by atoms with Crippen molar-refractivity contribution in [3.8, 4) is 17.0 Å². The molecule has 29 heavy (non-hydrogen) atoms. The van der Waals surface area contributed by atoms with E-state index in [1.807, 2.05) is 41.1 Å². The van der Waals surface area contributed by atoms with Crippen molar-refractivity contribution in [1.29, 1.82) is 0 Å². The van der Waals surface area contributed by atoms with Gasteiger partial charge in [-0.3, -0.25) is 9.13 Å². The summed E-state index contributed by atoms with van der Waals surface area (Å²) in [6, 6.07) is 11.9. The van der Waals surface area contributed by atoms with Crippen molar-refractivity contribution in [2.75, 3.05) is 0 Å². The van der Waals surface area contributed by atoms with Crippen LogP contribution in [0, 0.1) is 5.92 Å². The Kier molecular flexibility index (Phi) is 4.20. The molecule has 2 heterocycles. The van der Waals surface area contributed by atoms with E-state index in [0.717, 1.165) is 34.3 Å².